The Kier molecular flexibility index (Phi) is 4.35. The molecular formula is C17H19N5O3S2. The van der Waals surface area contributed by atoms with Crippen molar-refractivity contribution in [2.75, 3.05) is 22.7 Å². The van der Waals surface area contributed by atoms with Crippen LogP contribution in [0.15, 0.2) is 28.1 Å². The summed E-state index contributed by atoms with van der Waals surface area (Å²) in [6.07, 6.45) is 5.35. The summed E-state index contributed by atoms with van der Waals surface area (Å²) in [6, 6.07) is 5.05. The molecule has 0 amide bonds. The molecule has 8 nitrogen and oxygen atoms in total. The molecule has 2 aromatic heterocycles. The van der Waals surface area contributed by atoms with Gasteiger partial charge in [-0.2, -0.15) is 4.98 Å². The fourth-order valence-corrected chi connectivity index (χ4v) is 4.96. The quantitative estimate of drug-likeness (QED) is 0.574. The maximum atomic E-state index is 11.2. The van der Waals surface area contributed by atoms with Crippen LogP contribution in [0.5, 0.6) is 0 Å². The molecule has 3 atom stereocenters. The van der Waals surface area contributed by atoms with Gasteiger partial charge in [-0.05, 0) is 25.0 Å². The molecule has 2 aliphatic rings. The molecule has 5 rings (SSSR count). The molecule has 3 aromatic rings. The Morgan fingerprint density at radius 3 is 2.85 bits per heavy atom. The number of piperidine rings is 1. The fraction of sp³-hybridized carbons (Fsp3) is 0.412. The highest BCUT2D eigenvalue weighted by Gasteiger charge is 2.32. The normalized spacial score (nSPS) is 23.5. The molecule has 3 N–H and O–H groups in total. The van der Waals surface area contributed by atoms with Gasteiger partial charge in [0, 0.05) is 36.8 Å². The molecule has 3 unspecified atom stereocenters. The zero-order valence-electron chi connectivity index (χ0n) is 14.4. The molecule has 2 fully saturated rings. The molecule has 1 aromatic carbocycles. The van der Waals surface area contributed by atoms with Crippen molar-refractivity contribution in [2.24, 2.45) is 0 Å². The Labute approximate surface area is 162 Å². The first kappa shape index (κ1) is 17.1. The van der Waals surface area contributed by atoms with E-state index in [1.165, 1.54) is 30.6 Å². The average molecular weight is 406 g/mol. The third-order valence-corrected chi connectivity index (χ3v) is 6.29. The number of oxazole rings is 1. The third kappa shape index (κ3) is 3.33. The number of hydrogen-bond acceptors (Lipinski definition) is 7. The summed E-state index contributed by atoms with van der Waals surface area (Å²) < 4.78 is 29.1. The van der Waals surface area contributed by atoms with Gasteiger partial charge in [-0.1, -0.05) is 6.42 Å². The van der Waals surface area contributed by atoms with Crippen LogP contribution in [0.4, 0.5) is 11.7 Å². The maximum Gasteiger partial charge on any atom is 0.298 e. The molecule has 27 heavy (non-hydrogen) atoms. The molecule has 0 radical (unpaired) electrons. The smallest absolute Gasteiger partial charge is 0.298 e. The number of fused-ring (bicyclic) bond motifs is 3. The van der Waals surface area contributed by atoms with Crippen LogP contribution in [0.2, 0.25) is 0 Å². The number of piperazine rings is 1. The largest absolute Gasteiger partial charge is 0.423 e. The highest BCUT2D eigenvalue weighted by Crippen LogP contribution is 2.36. The van der Waals surface area contributed by atoms with Gasteiger partial charge < -0.3 is 14.6 Å². The predicted molar refractivity (Wildman–Crippen MR) is 106 cm³/mol. The van der Waals surface area contributed by atoms with Gasteiger partial charge in [0.25, 0.3) is 17.3 Å². The van der Waals surface area contributed by atoms with Crippen molar-refractivity contribution in [3.8, 4) is 10.6 Å². The minimum Gasteiger partial charge on any atom is -0.423 e. The van der Waals surface area contributed by atoms with E-state index in [-0.39, 0.29) is 0 Å². The van der Waals surface area contributed by atoms with Crippen LogP contribution in [-0.2, 0) is 11.3 Å². The Morgan fingerprint density at radius 1 is 1.33 bits per heavy atom. The lowest BCUT2D eigenvalue weighted by atomic mass is 9.94. The second kappa shape index (κ2) is 6.86. The van der Waals surface area contributed by atoms with Gasteiger partial charge in [-0.3, -0.25) is 9.27 Å². The first-order chi connectivity index (χ1) is 13.2. The highest BCUT2D eigenvalue weighted by atomic mass is 32.2. The van der Waals surface area contributed by atoms with Gasteiger partial charge in [0.1, 0.15) is 10.5 Å². The summed E-state index contributed by atoms with van der Waals surface area (Å²) in [5.74, 6) is 0. The van der Waals surface area contributed by atoms with Gasteiger partial charge in [-0.25, -0.2) is 9.19 Å². The Morgan fingerprint density at radius 2 is 2.15 bits per heavy atom. The van der Waals surface area contributed by atoms with Crippen molar-refractivity contribution in [2.45, 2.75) is 31.3 Å². The summed E-state index contributed by atoms with van der Waals surface area (Å²) in [4.78, 5) is 11.3. The van der Waals surface area contributed by atoms with Crippen LogP contribution < -0.4 is 14.9 Å². The summed E-state index contributed by atoms with van der Waals surface area (Å²) in [5.41, 5.74) is 2.57. The number of benzene rings is 1. The topological polar surface area (TPSA) is 104 Å². The first-order valence-electron chi connectivity index (χ1n) is 8.88. The van der Waals surface area contributed by atoms with E-state index < -0.39 is 11.3 Å². The summed E-state index contributed by atoms with van der Waals surface area (Å²) in [5, 5.41) is 6.33. The molecule has 2 bridgehead atoms. The number of hydrogen-bond donors (Lipinski definition) is 3. The van der Waals surface area contributed by atoms with E-state index >= 15 is 0 Å². The Bertz CT molecular complexity index is 978. The standard InChI is InChI=1S/C17H19N5O3S2/c23-27(24)21-12-6-13(16-18-4-5-26-16)15-14(7-12)20-17(25-15)22-8-10-2-1-3-11(9-22)19-10/h4-7,10-11,19,21H,1-3,8-9H2,(H,23,24). The first-order valence-corrected chi connectivity index (χ1v) is 10.9. The number of nitrogens with one attached hydrogen (secondary N) is 2. The minimum absolute atomic E-state index is 0.472. The van der Waals surface area contributed by atoms with Gasteiger partial charge in [-0.15, -0.1) is 11.3 Å². The van der Waals surface area contributed by atoms with E-state index in [0.717, 1.165) is 23.7 Å². The molecule has 10 heteroatoms. The molecule has 0 spiro atoms. The van der Waals surface area contributed by atoms with Gasteiger partial charge in [0.2, 0.25) is 0 Å². The second-order valence-electron chi connectivity index (χ2n) is 6.95. The third-order valence-electron chi connectivity index (χ3n) is 5.08. The number of anilines is 2. The lowest BCUT2D eigenvalue weighted by molar-refractivity contribution is 0.276. The lowest BCUT2D eigenvalue weighted by Gasteiger charge is -2.41. The molecule has 0 saturated carbocycles. The van der Waals surface area contributed by atoms with E-state index in [4.69, 9.17) is 4.42 Å². The average Bonchev–Trinajstić information content (AvgIpc) is 3.30. The lowest BCUT2D eigenvalue weighted by Crippen LogP contribution is -2.58. The zero-order valence-corrected chi connectivity index (χ0v) is 16.1. The van der Waals surface area contributed by atoms with Crippen LogP contribution in [0.3, 0.4) is 0 Å². The van der Waals surface area contributed by atoms with Gasteiger partial charge in [0.05, 0.1) is 11.3 Å². The predicted octanol–water partition coefficient (Wildman–Crippen LogP) is 2.83. The zero-order chi connectivity index (χ0) is 18.4. The number of thiazole rings is 1. The monoisotopic (exact) mass is 405 g/mol. The van der Waals surface area contributed by atoms with Crippen LogP contribution in [0.25, 0.3) is 21.7 Å². The van der Waals surface area contributed by atoms with Crippen molar-refractivity contribution in [3.63, 3.8) is 0 Å². The number of aromatic nitrogens is 2. The van der Waals surface area contributed by atoms with Crippen LogP contribution >= 0.6 is 11.3 Å². The molecule has 4 heterocycles. The number of rotatable bonds is 4. The van der Waals surface area contributed by atoms with E-state index in [0.29, 0.717) is 34.9 Å². The van der Waals surface area contributed by atoms with Crippen molar-refractivity contribution in [1.82, 2.24) is 15.3 Å². The summed E-state index contributed by atoms with van der Waals surface area (Å²) in [7, 11) is 0. The van der Waals surface area contributed by atoms with E-state index in [2.05, 4.69) is 24.9 Å². The van der Waals surface area contributed by atoms with Crippen molar-refractivity contribution >= 4 is 45.4 Å². The maximum absolute atomic E-state index is 11.2. The minimum atomic E-state index is -2.16. The van der Waals surface area contributed by atoms with Gasteiger partial charge >= 0.3 is 0 Å². The molecular weight excluding hydrogens is 386 g/mol. The Balaban J connectivity index is 1.57. The van der Waals surface area contributed by atoms with Crippen molar-refractivity contribution in [3.05, 3.63) is 23.7 Å². The molecule has 2 aliphatic heterocycles. The van der Waals surface area contributed by atoms with E-state index in [9.17, 15) is 8.76 Å². The molecule has 0 aliphatic carbocycles. The number of nitrogens with zero attached hydrogens (tertiary/aromatic N) is 3. The Hall–Kier alpha value is -2.01. The van der Waals surface area contributed by atoms with Crippen LogP contribution in [0.1, 0.15) is 19.3 Å². The summed E-state index contributed by atoms with van der Waals surface area (Å²) >= 11 is -0.671. The van der Waals surface area contributed by atoms with Crippen molar-refractivity contribution in [1.29, 1.82) is 0 Å². The summed E-state index contributed by atoms with van der Waals surface area (Å²) in [6.45, 7) is 1.75. The fourth-order valence-electron chi connectivity index (χ4n) is 3.99. The van der Waals surface area contributed by atoms with E-state index in [1.807, 2.05) is 5.38 Å². The SMILES string of the molecule is O=S(O)Nc1cc(-c2nccs2)c2oc(N3CC4CCCC(C3)N4)nc2c1. The second-order valence-corrected chi connectivity index (χ2v) is 8.55. The highest BCUT2D eigenvalue weighted by molar-refractivity contribution is 7.80. The van der Waals surface area contributed by atoms with Gasteiger partial charge in [0.15, 0.2) is 5.58 Å². The van der Waals surface area contributed by atoms with Crippen LogP contribution in [-0.4, -0.2) is 43.9 Å². The van der Waals surface area contributed by atoms with Crippen molar-refractivity contribution < 1.29 is 13.2 Å². The van der Waals surface area contributed by atoms with E-state index in [1.54, 1.807) is 18.3 Å². The molecule has 142 valence electrons. The molecule has 2 saturated heterocycles. The van der Waals surface area contributed by atoms with Crippen LogP contribution in [0, 0.1) is 0 Å².